The lowest BCUT2D eigenvalue weighted by molar-refractivity contribution is -0.152. The van der Waals surface area contributed by atoms with Crippen LogP contribution in [0.1, 0.15) is 44.6 Å². The van der Waals surface area contributed by atoms with E-state index in [1.165, 1.54) is 0 Å². The highest BCUT2D eigenvalue weighted by atomic mass is 16.5. The SMILES string of the molecule is CCCC(OC[C@@H]1CC[C@@H]2[C@@H](C=C[C@@H](O)COc3ccccc3C)[C@H](O)C[C@@H]2OC1)C(=O)O. The number of aliphatic hydroxyl groups is 2. The molecule has 7 atom stereocenters. The van der Waals surface area contributed by atoms with Crippen LogP contribution in [0.3, 0.4) is 0 Å². The summed E-state index contributed by atoms with van der Waals surface area (Å²) in [7, 11) is 0. The summed E-state index contributed by atoms with van der Waals surface area (Å²) in [6.07, 6.45) is 5.09. The quantitative estimate of drug-likeness (QED) is 0.433. The number of benzene rings is 1. The van der Waals surface area contributed by atoms with Crippen molar-refractivity contribution in [2.24, 2.45) is 17.8 Å². The zero-order chi connectivity index (χ0) is 23.8. The molecule has 0 bridgehead atoms. The van der Waals surface area contributed by atoms with Crippen LogP contribution in [0.15, 0.2) is 36.4 Å². The van der Waals surface area contributed by atoms with Crippen LogP contribution in [-0.2, 0) is 14.3 Å². The van der Waals surface area contributed by atoms with Crippen molar-refractivity contribution >= 4 is 5.97 Å². The summed E-state index contributed by atoms with van der Waals surface area (Å²) < 4.78 is 17.5. The van der Waals surface area contributed by atoms with E-state index in [1.807, 2.05) is 44.2 Å². The molecular formula is C26H38O7. The molecule has 1 unspecified atom stereocenters. The molecule has 0 aromatic heterocycles. The number of carbonyl (C=O) groups is 1. The Labute approximate surface area is 196 Å². The Kier molecular flexibility index (Phi) is 9.74. The fraction of sp³-hybridized carbons (Fsp3) is 0.654. The third-order valence-electron chi connectivity index (χ3n) is 6.76. The molecule has 3 rings (SSSR count). The largest absolute Gasteiger partial charge is 0.490 e. The Hall–Kier alpha value is -1.93. The van der Waals surface area contributed by atoms with Crippen molar-refractivity contribution in [2.45, 2.75) is 70.4 Å². The monoisotopic (exact) mass is 462 g/mol. The predicted octanol–water partition coefficient (Wildman–Crippen LogP) is 3.35. The average Bonchev–Trinajstić information content (AvgIpc) is 2.95. The molecule has 7 nitrogen and oxygen atoms in total. The van der Waals surface area contributed by atoms with Crippen molar-refractivity contribution in [1.29, 1.82) is 0 Å². The van der Waals surface area contributed by atoms with E-state index in [2.05, 4.69) is 0 Å². The molecule has 1 aromatic carbocycles. The highest BCUT2D eigenvalue weighted by Gasteiger charge is 2.43. The van der Waals surface area contributed by atoms with E-state index >= 15 is 0 Å². The second kappa shape index (κ2) is 12.5. The number of para-hydroxylation sites is 1. The zero-order valence-electron chi connectivity index (χ0n) is 19.6. The van der Waals surface area contributed by atoms with Gasteiger partial charge in [0.25, 0.3) is 0 Å². The standard InChI is InChI=1S/C26H38O7/c1-3-6-24(26(29)30)31-14-18-9-11-21-20(22(28)13-25(21)32-15-18)12-10-19(27)16-33-23-8-5-4-7-17(23)2/h4-5,7-8,10,12,18-22,24-25,27-28H,3,6,9,11,13-16H2,1-2H3,(H,29,30)/t18-,19+,20+,21+,22+,24?,25-/m0/s1. The summed E-state index contributed by atoms with van der Waals surface area (Å²) in [6, 6.07) is 7.68. The fourth-order valence-corrected chi connectivity index (χ4v) is 4.84. The van der Waals surface area contributed by atoms with Crippen molar-refractivity contribution in [2.75, 3.05) is 19.8 Å². The number of aliphatic hydroxyl groups excluding tert-OH is 2. The van der Waals surface area contributed by atoms with Gasteiger partial charge in [0.15, 0.2) is 6.10 Å². The minimum absolute atomic E-state index is 0.0362. The van der Waals surface area contributed by atoms with Gasteiger partial charge in [0.2, 0.25) is 0 Å². The van der Waals surface area contributed by atoms with Crippen LogP contribution >= 0.6 is 0 Å². The number of rotatable bonds is 11. The number of carboxylic acids is 1. The molecule has 184 valence electrons. The number of hydrogen-bond acceptors (Lipinski definition) is 6. The Morgan fingerprint density at radius 1 is 1.30 bits per heavy atom. The third kappa shape index (κ3) is 7.27. The molecule has 0 amide bonds. The van der Waals surface area contributed by atoms with Gasteiger partial charge in [-0.1, -0.05) is 43.7 Å². The number of carboxylic acid groups (broad SMARTS) is 1. The maximum Gasteiger partial charge on any atom is 0.332 e. The van der Waals surface area contributed by atoms with Gasteiger partial charge < -0.3 is 29.5 Å². The molecular weight excluding hydrogens is 424 g/mol. The smallest absolute Gasteiger partial charge is 0.332 e. The number of hydrogen-bond donors (Lipinski definition) is 3. The van der Waals surface area contributed by atoms with Crippen molar-refractivity contribution in [3.05, 3.63) is 42.0 Å². The maximum absolute atomic E-state index is 11.3. The molecule has 1 aromatic rings. The van der Waals surface area contributed by atoms with Crippen LogP contribution < -0.4 is 4.74 Å². The van der Waals surface area contributed by atoms with Gasteiger partial charge in [-0.3, -0.25) is 0 Å². The molecule has 1 aliphatic carbocycles. The van der Waals surface area contributed by atoms with E-state index in [4.69, 9.17) is 14.2 Å². The van der Waals surface area contributed by atoms with Crippen molar-refractivity contribution in [3.8, 4) is 5.75 Å². The van der Waals surface area contributed by atoms with Crippen LogP contribution in [0.25, 0.3) is 0 Å². The molecule has 1 aliphatic heterocycles. The number of ether oxygens (including phenoxy) is 3. The second-order valence-corrected chi connectivity index (χ2v) is 9.34. The lowest BCUT2D eigenvalue weighted by atomic mass is 9.87. The van der Waals surface area contributed by atoms with Gasteiger partial charge in [-0.15, -0.1) is 0 Å². The van der Waals surface area contributed by atoms with Gasteiger partial charge in [-0.2, -0.15) is 0 Å². The third-order valence-corrected chi connectivity index (χ3v) is 6.76. The molecule has 3 N–H and O–H groups in total. The zero-order valence-corrected chi connectivity index (χ0v) is 19.6. The van der Waals surface area contributed by atoms with E-state index in [9.17, 15) is 20.1 Å². The maximum atomic E-state index is 11.3. The minimum Gasteiger partial charge on any atom is -0.490 e. The fourth-order valence-electron chi connectivity index (χ4n) is 4.84. The molecule has 1 saturated carbocycles. The van der Waals surface area contributed by atoms with Crippen LogP contribution in [0.4, 0.5) is 0 Å². The summed E-state index contributed by atoms with van der Waals surface area (Å²) in [4.78, 5) is 11.3. The van der Waals surface area contributed by atoms with Crippen molar-refractivity contribution in [1.82, 2.24) is 0 Å². The number of fused-ring (bicyclic) bond motifs is 1. The number of aliphatic carboxylic acids is 1. The van der Waals surface area contributed by atoms with Crippen LogP contribution in [0.2, 0.25) is 0 Å². The first-order valence-corrected chi connectivity index (χ1v) is 12.1. The summed E-state index contributed by atoms with van der Waals surface area (Å²) in [5.41, 5.74) is 1.02. The van der Waals surface area contributed by atoms with Gasteiger partial charge >= 0.3 is 5.97 Å². The van der Waals surface area contributed by atoms with Crippen LogP contribution in [-0.4, -0.2) is 65.5 Å². The van der Waals surface area contributed by atoms with E-state index in [0.717, 1.165) is 30.6 Å². The van der Waals surface area contributed by atoms with E-state index in [0.29, 0.717) is 26.1 Å². The summed E-state index contributed by atoms with van der Waals surface area (Å²) in [5, 5.41) is 30.2. The lowest BCUT2D eigenvalue weighted by Gasteiger charge is -2.21. The molecule has 0 spiro atoms. The first kappa shape index (κ1) is 25.7. The summed E-state index contributed by atoms with van der Waals surface area (Å²) in [5.74, 6) is 0.0532. The predicted molar refractivity (Wildman–Crippen MR) is 124 cm³/mol. The van der Waals surface area contributed by atoms with Gasteiger partial charge in [0.1, 0.15) is 18.5 Å². The second-order valence-electron chi connectivity index (χ2n) is 9.34. The first-order chi connectivity index (χ1) is 15.9. The normalized spacial score (nSPS) is 29.4. The van der Waals surface area contributed by atoms with E-state index in [-0.39, 0.29) is 30.5 Å². The Morgan fingerprint density at radius 3 is 2.82 bits per heavy atom. The van der Waals surface area contributed by atoms with Crippen molar-refractivity contribution in [3.63, 3.8) is 0 Å². The van der Waals surface area contributed by atoms with Gasteiger partial charge in [0, 0.05) is 18.3 Å². The Morgan fingerprint density at radius 2 is 2.09 bits per heavy atom. The van der Waals surface area contributed by atoms with Crippen molar-refractivity contribution < 1.29 is 34.3 Å². The lowest BCUT2D eigenvalue weighted by Crippen LogP contribution is -2.27. The minimum atomic E-state index is -0.915. The van der Waals surface area contributed by atoms with E-state index in [1.54, 1.807) is 6.08 Å². The summed E-state index contributed by atoms with van der Waals surface area (Å²) in [6.45, 7) is 4.93. The molecule has 2 aliphatic rings. The molecule has 2 fully saturated rings. The molecule has 33 heavy (non-hydrogen) atoms. The molecule has 1 saturated heterocycles. The van der Waals surface area contributed by atoms with E-state index < -0.39 is 24.3 Å². The molecule has 1 heterocycles. The van der Waals surface area contributed by atoms with Crippen LogP contribution in [0, 0.1) is 24.7 Å². The first-order valence-electron chi connectivity index (χ1n) is 12.1. The van der Waals surface area contributed by atoms with Gasteiger partial charge in [-0.05, 0) is 43.7 Å². The van der Waals surface area contributed by atoms with Gasteiger partial charge in [-0.25, -0.2) is 4.79 Å². The highest BCUT2D eigenvalue weighted by Crippen LogP contribution is 2.41. The molecule has 0 radical (unpaired) electrons. The highest BCUT2D eigenvalue weighted by molar-refractivity contribution is 5.72. The Balaban J connectivity index is 1.50. The number of aryl methyl sites for hydroxylation is 1. The Bertz CT molecular complexity index is 780. The summed E-state index contributed by atoms with van der Waals surface area (Å²) >= 11 is 0. The van der Waals surface area contributed by atoms with Crippen LogP contribution in [0.5, 0.6) is 5.75 Å². The molecule has 7 heteroatoms. The average molecular weight is 463 g/mol. The topological polar surface area (TPSA) is 105 Å². The van der Waals surface area contributed by atoms with Gasteiger partial charge in [0.05, 0.1) is 25.4 Å².